The van der Waals surface area contributed by atoms with Crippen molar-refractivity contribution in [3.05, 3.63) is 59.4 Å². The maximum absolute atomic E-state index is 9.38. The highest BCUT2D eigenvalue weighted by atomic mass is 16.3. The summed E-state index contributed by atoms with van der Waals surface area (Å²) in [4.78, 5) is 4.97. The first kappa shape index (κ1) is 22.3. The Hall–Kier alpha value is -2.68. The van der Waals surface area contributed by atoms with Crippen molar-refractivity contribution in [1.82, 2.24) is 4.98 Å². The van der Waals surface area contributed by atoms with Crippen molar-refractivity contribution >= 4 is 22.1 Å². The molecule has 0 bridgehead atoms. The van der Waals surface area contributed by atoms with Crippen LogP contribution in [0.3, 0.4) is 0 Å². The van der Waals surface area contributed by atoms with Gasteiger partial charge in [0.25, 0.3) is 0 Å². The maximum Gasteiger partial charge on any atom is 0.227 e. The summed E-state index contributed by atoms with van der Waals surface area (Å²) in [5, 5.41) is 2.05. The highest BCUT2D eigenvalue weighted by Gasteiger charge is 2.31. The van der Waals surface area contributed by atoms with E-state index in [4.69, 9.17) is 9.40 Å². The Morgan fingerprint density at radius 3 is 2.16 bits per heavy atom. The van der Waals surface area contributed by atoms with Gasteiger partial charge in [-0.1, -0.05) is 39.8 Å². The van der Waals surface area contributed by atoms with Gasteiger partial charge in [0.15, 0.2) is 11.8 Å². The van der Waals surface area contributed by atoms with E-state index in [0.29, 0.717) is 16.5 Å². The smallest absolute Gasteiger partial charge is 0.227 e. The summed E-state index contributed by atoms with van der Waals surface area (Å²) in [5.41, 5.74) is 7.28. The van der Waals surface area contributed by atoms with Gasteiger partial charge < -0.3 is 4.42 Å². The molecule has 0 aliphatic heterocycles. The summed E-state index contributed by atoms with van der Waals surface area (Å²) in [6.07, 6.45) is 9.78. The molecule has 0 spiro atoms. The highest BCUT2D eigenvalue weighted by molar-refractivity contribution is 6.08. The maximum atomic E-state index is 9.38. The molecule has 37 heavy (non-hydrogen) atoms. The van der Waals surface area contributed by atoms with Gasteiger partial charge in [0.05, 0.1) is 5.56 Å². The average molecular weight is 498 g/mol. The van der Waals surface area contributed by atoms with E-state index in [1.54, 1.807) is 0 Å². The standard InChI is InChI=1S/C34H43N2O/c1-22-7-8-26-27-9-10-28(24-13-18-34(4,5)19-14-24)35-32(27)37-31(26)30(22)29-21-25(15-20-36(29)6)23-11-16-33(2,3)17-12-23/h7-10,15,20-21,23-24H,11-14,16-19H2,1-6H3/q+1/i23D,24D. The van der Waals surface area contributed by atoms with Crippen LogP contribution in [0.15, 0.2) is 47.0 Å². The van der Waals surface area contributed by atoms with Crippen LogP contribution >= 0.6 is 0 Å². The van der Waals surface area contributed by atoms with E-state index >= 15 is 0 Å². The molecule has 3 heterocycles. The molecule has 0 unspecified atom stereocenters. The fourth-order valence-electron chi connectivity index (χ4n) is 6.37. The molecule has 3 heteroatoms. The number of fused-ring (bicyclic) bond motifs is 3. The summed E-state index contributed by atoms with van der Waals surface area (Å²) in [5.74, 6) is -1.21. The zero-order valence-electron chi connectivity index (χ0n) is 25.5. The molecular formula is C34H43N2O+. The Bertz CT molecular complexity index is 1560. The first-order valence-electron chi connectivity index (χ1n) is 15.1. The summed E-state index contributed by atoms with van der Waals surface area (Å²) < 4.78 is 27.3. The normalized spacial score (nSPS) is 23.1. The van der Waals surface area contributed by atoms with Gasteiger partial charge in [-0.15, -0.1) is 0 Å². The third-order valence-corrected chi connectivity index (χ3v) is 9.31. The second-order valence-corrected chi connectivity index (χ2v) is 13.2. The lowest BCUT2D eigenvalue weighted by Gasteiger charge is -2.34. The van der Waals surface area contributed by atoms with Crippen molar-refractivity contribution < 1.29 is 11.7 Å². The molecule has 0 N–H and O–H groups in total. The molecule has 6 rings (SSSR count). The number of hydrogen-bond donors (Lipinski definition) is 0. The Morgan fingerprint density at radius 1 is 0.865 bits per heavy atom. The quantitative estimate of drug-likeness (QED) is 0.264. The van der Waals surface area contributed by atoms with Gasteiger partial charge in [-0.2, -0.15) is 0 Å². The molecule has 2 aliphatic rings. The van der Waals surface area contributed by atoms with Crippen LogP contribution in [-0.4, -0.2) is 4.98 Å². The molecule has 0 radical (unpaired) electrons. The summed E-state index contributed by atoms with van der Waals surface area (Å²) in [6.45, 7) is 11.4. The van der Waals surface area contributed by atoms with Crippen molar-refractivity contribution in [1.29, 1.82) is 0 Å². The first-order chi connectivity index (χ1) is 18.3. The number of aryl methyl sites for hydroxylation is 2. The van der Waals surface area contributed by atoms with Crippen molar-refractivity contribution in [3.63, 3.8) is 0 Å². The van der Waals surface area contributed by atoms with Crippen LogP contribution in [0.2, 0.25) is 0 Å². The Kier molecular flexibility index (Phi) is 5.41. The van der Waals surface area contributed by atoms with E-state index in [1.165, 1.54) is 0 Å². The van der Waals surface area contributed by atoms with Crippen LogP contribution < -0.4 is 4.57 Å². The number of hydrogen-bond acceptors (Lipinski definition) is 2. The van der Waals surface area contributed by atoms with Crippen LogP contribution in [-0.2, 0) is 7.05 Å². The van der Waals surface area contributed by atoms with Gasteiger partial charge in [0.2, 0.25) is 11.4 Å². The fraction of sp³-hybridized carbons (Fsp3) is 0.529. The van der Waals surface area contributed by atoms with Gasteiger partial charge in [0, 0.05) is 37.2 Å². The first-order valence-corrected chi connectivity index (χ1v) is 14.1. The number of nitrogens with zero attached hydrogens (tertiary/aromatic N) is 2. The predicted octanol–water partition coefficient (Wildman–Crippen LogP) is 9.15. The third-order valence-electron chi connectivity index (χ3n) is 9.31. The molecule has 2 fully saturated rings. The molecule has 0 saturated heterocycles. The van der Waals surface area contributed by atoms with Crippen molar-refractivity contribution in [2.45, 2.75) is 97.8 Å². The number of aromatic nitrogens is 2. The number of benzene rings is 1. The van der Waals surface area contributed by atoms with Crippen LogP contribution in [0.5, 0.6) is 0 Å². The van der Waals surface area contributed by atoms with Crippen LogP contribution in [0.4, 0.5) is 0 Å². The second kappa shape index (κ2) is 8.96. The van der Waals surface area contributed by atoms with E-state index in [0.717, 1.165) is 95.8 Å². The van der Waals surface area contributed by atoms with Crippen molar-refractivity contribution in [2.24, 2.45) is 17.9 Å². The molecule has 0 atom stereocenters. The highest BCUT2D eigenvalue weighted by Crippen LogP contribution is 2.45. The van der Waals surface area contributed by atoms with E-state index < -0.39 is 11.8 Å². The van der Waals surface area contributed by atoms with Crippen molar-refractivity contribution in [2.75, 3.05) is 0 Å². The molecule has 4 aromatic rings. The number of furan rings is 1. The molecule has 0 amide bonds. The van der Waals surface area contributed by atoms with Gasteiger partial charge >= 0.3 is 0 Å². The van der Waals surface area contributed by atoms with Gasteiger partial charge in [-0.05, 0) is 98.3 Å². The predicted molar refractivity (Wildman–Crippen MR) is 153 cm³/mol. The van der Waals surface area contributed by atoms with E-state index in [1.807, 2.05) is 0 Å². The molecule has 194 valence electrons. The molecule has 3 nitrogen and oxygen atoms in total. The monoisotopic (exact) mass is 497 g/mol. The topological polar surface area (TPSA) is 29.9 Å². The lowest BCUT2D eigenvalue weighted by atomic mass is 9.71. The van der Waals surface area contributed by atoms with E-state index in [-0.39, 0.29) is 0 Å². The zero-order chi connectivity index (χ0) is 27.8. The minimum Gasteiger partial charge on any atom is -0.437 e. The Balaban J connectivity index is 1.45. The molecule has 2 aliphatic carbocycles. The molecule has 3 aromatic heterocycles. The lowest BCUT2D eigenvalue weighted by molar-refractivity contribution is -0.660. The number of rotatable bonds is 3. The lowest BCUT2D eigenvalue weighted by Crippen LogP contribution is -2.31. The molecular weight excluding hydrogens is 452 g/mol. The average Bonchev–Trinajstić information content (AvgIpc) is 3.26. The minimum absolute atomic E-state index is 0.302. The van der Waals surface area contributed by atoms with Crippen LogP contribution in [0.1, 0.15) is 110 Å². The van der Waals surface area contributed by atoms with E-state index in [9.17, 15) is 2.74 Å². The third kappa shape index (κ3) is 4.60. The van der Waals surface area contributed by atoms with Crippen LogP contribution in [0, 0.1) is 17.8 Å². The minimum atomic E-state index is -0.654. The van der Waals surface area contributed by atoms with E-state index in [2.05, 4.69) is 88.8 Å². The molecule has 1 aromatic carbocycles. The number of pyridine rings is 2. The van der Waals surface area contributed by atoms with Gasteiger partial charge in [-0.3, -0.25) is 0 Å². The van der Waals surface area contributed by atoms with Crippen molar-refractivity contribution in [3.8, 4) is 11.3 Å². The second-order valence-electron chi connectivity index (χ2n) is 13.2. The largest absolute Gasteiger partial charge is 0.437 e. The van der Waals surface area contributed by atoms with Gasteiger partial charge in [-0.25, -0.2) is 9.55 Å². The SMILES string of the molecule is [2H]C1(c2cc[n+](C)c(-c3c(C)ccc4c3oc3nc(C5([2H])CCC(C)(C)CC5)ccc34)c2)CCC(C)(C)CC1. The zero-order valence-corrected chi connectivity index (χ0v) is 23.5. The van der Waals surface area contributed by atoms with Gasteiger partial charge in [0.1, 0.15) is 7.05 Å². The summed E-state index contributed by atoms with van der Waals surface area (Å²) in [7, 11) is 2.07. The Morgan fingerprint density at radius 2 is 1.49 bits per heavy atom. The fourth-order valence-corrected chi connectivity index (χ4v) is 6.37. The summed E-state index contributed by atoms with van der Waals surface area (Å²) in [6, 6.07) is 12.8. The Labute approximate surface area is 225 Å². The molecule has 2 saturated carbocycles. The van der Waals surface area contributed by atoms with Crippen LogP contribution in [0.25, 0.3) is 33.3 Å². The summed E-state index contributed by atoms with van der Waals surface area (Å²) >= 11 is 0.